The molecular formula is C25H25NO5S. The number of carbonyl (C=O) groups excluding carboxylic acids is 2. The van der Waals surface area contributed by atoms with E-state index in [2.05, 4.69) is 24.1 Å². The van der Waals surface area contributed by atoms with Gasteiger partial charge in [0.15, 0.2) is 17.6 Å². The molecule has 5 atom stereocenters. The number of benzene rings is 1. The first-order chi connectivity index (χ1) is 15.5. The lowest BCUT2D eigenvalue weighted by Gasteiger charge is -2.56. The highest BCUT2D eigenvalue weighted by Crippen LogP contribution is 2.62. The number of ether oxygens (including phenoxy) is 3. The van der Waals surface area contributed by atoms with E-state index >= 15 is 0 Å². The van der Waals surface area contributed by atoms with Crippen LogP contribution in [0.25, 0.3) is 0 Å². The third kappa shape index (κ3) is 2.80. The Labute approximate surface area is 190 Å². The molecule has 0 radical (unpaired) electrons. The monoisotopic (exact) mass is 451 g/mol. The maximum absolute atomic E-state index is 12.8. The Bertz CT molecular complexity index is 1130. The molecule has 166 valence electrons. The summed E-state index contributed by atoms with van der Waals surface area (Å²) in [7, 11) is 2.18. The molecule has 1 fully saturated rings. The van der Waals surface area contributed by atoms with Gasteiger partial charge in [0, 0.05) is 29.9 Å². The maximum Gasteiger partial charge on any atom is 0.311 e. The lowest BCUT2D eigenvalue weighted by Crippen LogP contribution is -2.65. The summed E-state index contributed by atoms with van der Waals surface area (Å²) >= 11 is 1.57. The van der Waals surface area contributed by atoms with E-state index in [9.17, 15) is 9.59 Å². The van der Waals surface area contributed by atoms with Gasteiger partial charge in [-0.15, -0.1) is 0 Å². The van der Waals surface area contributed by atoms with E-state index < -0.39 is 6.10 Å². The van der Waals surface area contributed by atoms with Gasteiger partial charge in [-0.3, -0.25) is 9.59 Å². The molecule has 2 aromatic rings. The van der Waals surface area contributed by atoms with Gasteiger partial charge in [0.2, 0.25) is 0 Å². The number of likely N-dealkylation sites (N-methyl/N-ethyl adjacent to an activating group) is 1. The second-order valence-corrected chi connectivity index (χ2v) is 10.1. The Morgan fingerprint density at radius 2 is 2.16 bits per heavy atom. The predicted molar refractivity (Wildman–Crippen MR) is 119 cm³/mol. The van der Waals surface area contributed by atoms with E-state index in [-0.39, 0.29) is 35.8 Å². The van der Waals surface area contributed by atoms with Crippen LogP contribution in [0.15, 0.2) is 41.1 Å². The Morgan fingerprint density at radius 3 is 2.94 bits per heavy atom. The van der Waals surface area contributed by atoms with Crippen LogP contribution < -0.4 is 9.47 Å². The zero-order valence-electron chi connectivity index (χ0n) is 18.1. The topological polar surface area (TPSA) is 65.1 Å². The van der Waals surface area contributed by atoms with Gasteiger partial charge < -0.3 is 19.1 Å². The van der Waals surface area contributed by atoms with Crippen molar-refractivity contribution in [2.75, 3.05) is 13.6 Å². The quantitative estimate of drug-likeness (QED) is 0.404. The maximum atomic E-state index is 12.8. The van der Waals surface area contributed by atoms with Crippen LogP contribution in [0.1, 0.15) is 30.0 Å². The normalized spacial score (nSPS) is 31.6. The van der Waals surface area contributed by atoms with E-state index in [0.29, 0.717) is 17.5 Å². The Morgan fingerprint density at radius 1 is 1.28 bits per heavy atom. The van der Waals surface area contributed by atoms with Crippen molar-refractivity contribution in [3.05, 3.63) is 57.8 Å². The molecule has 0 unspecified atom stereocenters. The van der Waals surface area contributed by atoms with Gasteiger partial charge in [0.1, 0.15) is 6.10 Å². The molecule has 2 aliphatic heterocycles. The summed E-state index contributed by atoms with van der Waals surface area (Å²) in [5.41, 5.74) is 3.07. The number of hydrogen-bond acceptors (Lipinski definition) is 7. The minimum absolute atomic E-state index is 0.249. The van der Waals surface area contributed by atoms with Crippen molar-refractivity contribution in [1.82, 2.24) is 4.90 Å². The van der Waals surface area contributed by atoms with Crippen LogP contribution >= 0.6 is 11.3 Å². The predicted octanol–water partition coefficient (Wildman–Crippen LogP) is 3.27. The lowest BCUT2D eigenvalue weighted by atomic mass is 9.53. The summed E-state index contributed by atoms with van der Waals surface area (Å²) in [6.07, 6.45) is 5.51. The van der Waals surface area contributed by atoms with Crippen LogP contribution in [0.3, 0.4) is 0 Å². The fourth-order valence-electron chi connectivity index (χ4n) is 6.30. The highest BCUT2D eigenvalue weighted by Gasteiger charge is 2.65. The fourth-order valence-corrected chi connectivity index (χ4v) is 6.97. The Kier molecular flexibility index (Phi) is 4.49. The van der Waals surface area contributed by atoms with Crippen LogP contribution in [0.5, 0.6) is 11.5 Å². The van der Waals surface area contributed by atoms with Crippen molar-refractivity contribution < 1.29 is 23.8 Å². The zero-order valence-corrected chi connectivity index (χ0v) is 18.9. The van der Waals surface area contributed by atoms with Gasteiger partial charge in [-0.05, 0) is 66.5 Å². The zero-order chi connectivity index (χ0) is 22.0. The number of likely N-dealkylation sites (tertiary alicyclic amines) is 1. The van der Waals surface area contributed by atoms with Crippen molar-refractivity contribution in [3.8, 4) is 11.5 Å². The van der Waals surface area contributed by atoms with Crippen molar-refractivity contribution in [1.29, 1.82) is 0 Å². The van der Waals surface area contributed by atoms with Crippen LogP contribution in [-0.2, 0) is 32.6 Å². The summed E-state index contributed by atoms with van der Waals surface area (Å²) in [5, 5.41) is 3.93. The van der Waals surface area contributed by atoms with Gasteiger partial charge in [-0.25, -0.2) is 0 Å². The summed E-state index contributed by atoms with van der Waals surface area (Å²) in [6, 6.07) is 6.22. The summed E-state index contributed by atoms with van der Waals surface area (Å²) < 4.78 is 18.1. The molecule has 0 saturated carbocycles. The van der Waals surface area contributed by atoms with E-state index in [4.69, 9.17) is 14.2 Å². The van der Waals surface area contributed by atoms with E-state index in [0.717, 1.165) is 30.5 Å². The third-order valence-electron chi connectivity index (χ3n) is 7.56. The average molecular weight is 452 g/mol. The molecule has 6 rings (SSSR count). The lowest BCUT2D eigenvalue weighted by molar-refractivity contribution is -0.154. The van der Waals surface area contributed by atoms with Gasteiger partial charge >= 0.3 is 11.9 Å². The second-order valence-electron chi connectivity index (χ2n) is 9.28. The molecule has 4 aliphatic rings. The largest absolute Gasteiger partial charge is 0.481 e. The first kappa shape index (κ1) is 20.0. The summed E-state index contributed by atoms with van der Waals surface area (Å²) in [5.74, 6) is 0.744. The number of carbonyl (C=O) groups is 2. The third-order valence-corrected chi connectivity index (χ3v) is 8.30. The Hall–Kier alpha value is -2.64. The second kappa shape index (κ2) is 7.18. The number of piperidine rings is 1. The van der Waals surface area contributed by atoms with Crippen LogP contribution in [0.4, 0.5) is 0 Å². The molecule has 1 aromatic carbocycles. The number of nitrogens with zero attached hydrogens (tertiary/aromatic N) is 1. The van der Waals surface area contributed by atoms with Gasteiger partial charge in [0.25, 0.3) is 0 Å². The summed E-state index contributed by atoms with van der Waals surface area (Å²) in [6.45, 7) is 2.35. The Balaban J connectivity index is 1.41. The molecule has 2 aliphatic carbocycles. The molecular weight excluding hydrogens is 426 g/mol. The molecule has 2 bridgehead atoms. The van der Waals surface area contributed by atoms with Crippen LogP contribution in [0, 0.1) is 5.92 Å². The molecule has 7 heteroatoms. The van der Waals surface area contributed by atoms with Gasteiger partial charge in [-0.2, -0.15) is 11.3 Å². The number of rotatable bonds is 4. The van der Waals surface area contributed by atoms with Crippen molar-refractivity contribution >= 4 is 23.3 Å². The van der Waals surface area contributed by atoms with Crippen molar-refractivity contribution in [2.45, 2.75) is 49.9 Å². The van der Waals surface area contributed by atoms with Gasteiger partial charge in [0.05, 0.1) is 6.42 Å². The highest BCUT2D eigenvalue weighted by atomic mass is 32.1. The number of esters is 2. The highest BCUT2D eigenvalue weighted by molar-refractivity contribution is 7.08. The smallest absolute Gasteiger partial charge is 0.311 e. The van der Waals surface area contributed by atoms with Crippen molar-refractivity contribution in [2.24, 2.45) is 5.92 Å². The number of thiophene rings is 1. The molecule has 6 nitrogen and oxygen atoms in total. The first-order valence-electron chi connectivity index (χ1n) is 11.1. The number of hydrogen-bond donors (Lipinski definition) is 0. The fraction of sp³-hybridized carbons (Fsp3) is 0.440. The standard InChI is InChI=1S/C25H25NO5S/c1-14(27)29-19-5-3-16-12-18-17-4-6-20(30-21(28)11-15-7-10-32-13-15)24-25(17,8-9-26(18)2)22(16)23(19)31-24/h3-7,10,13,17-18,20,24H,8-9,11-12H2,1-2H3/t17-,18+,20-,24-,25-/m0/s1. The van der Waals surface area contributed by atoms with Crippen LogP contribution in [-0.4, -0.2) is 48.7 Å². The molecule has 0 amide bonds. The van der Waals surface area contributed by atoms with E-state index in [1.54, 1.807) is 11.3 Å². The van der Waals surface area contributed by atoms with Gasteiger partial charge in [-0.1, -0.05) is 12.1 Å². The van der Waals surface area contributed by atoms with E-state index in [1.807, 2.05) is 29.0 Å². The minimum Gasteiger partial charge on any atom is -0.481 e. The molecule has 3 heterocycles. The SMILES string of the molecule is CC(=O)Oc1ccc2c3c1O[C@H]1[C@@H](OC(=O)Cc4ccsc4)C=C[C@H]4[C@@H](C2)N(C)CC[C@@]341. The van der Waals surface area contributed by atoms with E-state index in [1.165, 1.54) is 12.5 Å². The minimum atomic E-state index is -0.482. The summed E-state index contributed by atoms with van der Waals surface area (Å²) in [4.78, 5) is 26.9. The average Bonchev–Trinajstić information content (AvgIpc) is 3.38. The molecule has 32 heavy (non-hydrogen) atoms. The molecule has 1 saturated heterocycles. The molecule has 1 spiro atoms. The van der Waals surface area contributed by atoms with Crippen LogP contribution in [0.2, 0.25) is 0 Å². The first-order valence-corrected chi connectivity index (χ1v) is 12.0. The molecule has 1 aromatic heterocycles. The van der Waals surface area contributed by atoms with Crippen molar-refractivity contribution in [3.63, 3.8) is 0 Å². The molecule has 0 N–H and O–H groups in total.